The molecule has 4 aliphatic carbocycles. The molecule has 7 heteroatoms. The predicted molar refractivity (Wildman–Crippen MR) is 313 cm³/mol. The molecular formula is C61H84S7. The van der Waals surface area contributed by atoms with Gasteiger partial charge in [0.15, 0.2) is 0 Å². The number of hydrogen-bond donors (Lipinski definition) is 0. The Morgan fingerprint density at radius 1 is 0.279 bits per heavy atom. The zero-order valence-corrected chi connectivity index (χ0v) is 49.6. The molecule has 0 heterocycles. The van der Waals surface area contributed by atoms with E-state index in [1.165, 1.54) is 164 Å². The second kappa shape index (κ2) is 22.8. The summed E-state index contributed by atoms with van der Waals surface area (Å²) in [5.74, 6) is 8.27. The maximum Gasteiger partial charge on any atom is 0.0273 e. The monoisotopic (exact) mass is 1040 g/mol. The molecule has 0 aromatic heterocycles. The first-order valence-electron chi connectivity index (χ1n) is 27.1. The van der Waals surface area contributed by atoms with E-state index in [9.17, 15) is 0 Å². The van der Waals surface area contributed by atoms with Crippen molar-refractivity contribution < 1.29 is 0 Å². The van der Waals surface area contributed by atoms with Gasteiger partial charge in [0.2, 0.25) is 0 Å². The van der Waals surface area contributed by atoms with E-state index in [-0.39, 0.29) is 27.1 Å². The Kier molecular flexibility index (Phi) is 18.0. The van der Waals surface area contributed by atoms with E-state index in [2.05, 4.69) is 213 Å². The maximum absolute atomic E-state index is 2.81. The van der Waals surface area contributed by atoms with Gasteiger partial charge in [0.1, 0.15) is 0 Å². The zero-order valence-electron chi connectivity index (χ0n) is 43.9. The largest absolute Gasteiger partial charge is 0.126 e. The first-order valence-corrected chi connectivity index (χ1v) is 34.0. The number of rotatable bonds is 28. The zero-order chi connectivity index (χ0) is 48.3. The van der Waals surface area contributed by atoms with Crippen LogP contribution >= 0.6 is 82.3 Å². The van der Waals surface area contributed by atoms with Gasteiger partial charge >= 0.3 is 0 Å². The lowest BCUT2D eigenvalue weighted by molar-refractivity contribution is 0.0251. The third-order valence-electron chi connectivity index (χ3n) is 16.9. The van der Waals surface area contributed by atoms with Crippen molar-refractivity contribution in [2.45, 2.75) is 222 Å². The van der Waals surface area contributed by atoms with Crippen LogP contribution in [0.4, 0.5) is 0 Å². The maximum atomic E-state index is 2.81. The summed E-state index contributed by atoms with van der Waals surface area (Å²) in [6.45, 7) is 27.7. The van der Waals surface area contributed by atoms with Crippen LogP contribution in [0.2, 0.25) is 0 Å². The summed E-state index contributed by atoms with van der Waals surface area (Å²) < 4.78 is 0. The van der Waals surface area contributed by atoms with Crippen LogP contribution in [0.3, 0.4) is 0 Å². The molecule has 2 unspecified atom stereocenters. The lowest BCUT2D eigenvalue weighted by atomic mass is 9.43. The number of thioether (sulfide) groups is 7. The fraction of sp³-hybridized carbons (Fsp3) is 0.607. The van der Waals surface area contributed by atoms with Crippen LogP contribution < -0.4 is 0 Å². The Morgan fingerprint density at radius 2 is 0.500 bits per heavy atom. The van der Waals surface area contributed by atoms with Crippen LogP contribution in [0.15, 0.2) is 88.9 Å². The van der Waals surface area contributed by atoms with E-state index in [4.69, 9.17) is 0 Å². The van der Waals surface area contributed by atoms with E-state index in [0.29, 0.717) is 0 Å². The average Bonchev–Trinajstić information content (AvgIpc) is 3.81. The van der Waals surface area contributed by atoms with Gasteiger partial charge in [-0.1, -0.05) is 127 Å². The lowest BCUT2D eigenvalue weighted by Crippen LogP contribution is -2.60. The molecule has 4 aromatic carbocycles. The summed E-state index contributed by atoms with van der Waals surface area (Å²) in [6.07, 6.45) is 17.5. The summed E-state index contributed by atoms with van der Waals surface area (Å²) in [6, 6.07) is 24.8. The molecule has 0 N–H and O–H groups in total. The minimum atomic E-state index is -0.256. The van der Waals surface area contributed by atoms with Crippen molar-refractivity contribution >= 4 is 82.3 Å². The summed E-state index contributed by atoms with van der Waals surface area (Å²) >= 11 is 15.0. The van der Waals surface area contributed by atoms with Crippen LogP contribution in [0.1, 0.15) is 211 Å². The van der Waals surface area contributed by atoms with Crippen LogP contribution in [-0.2, 0) is 21.7 Å². The van der Waals surface area contributed by atoms with Gasteiger partial charge in [0.25, 0.3) is 0 Å². The Morgan fingerprint density at radius 3 is 0.750 bits per heavy atom. The van der Waals surface area contributed by atoms with E-state index in [0.717, 1.165) is 0 Å². The van der Waals surface area contributed by atoms with E-state index in [1.807, 2.05) is 0 Å². The molecule has 4 aromatic rings. The third kappa shape index (κ3) is 8.41. The molecule has 0 fully saturated rings. The van der Waals surface area contributed by atoms with E-state index < -0.39 is 0 Å². The standard InChI is InChI=1S/C61H84S7/c1-12-19-28-62-42-26-27-43-44(35-42)58(9)47-38-53(65-31-22-15-4)54(66-32-23-16-5)39-48(47)60(11)50-41-56(68-34-25-18-7)55(67-33-24-17-6)40-49(50)59(10)46-37-52(64-30-21-14-3)51(63-29-20-13-2)36-45(46)57(43,8)61(58,59)60/h26-27,35-41H,12-25,28-34H2,1-11H3/t57?,58-,59+,60+,61?/m0/s1. The first-order chi connectivity index (χ1) is 33.0. The Hall–Kier alpha value is -0.670. The highest BCUT2D eigenvalue weighted by Gasteiger charge is 2.89. The molecule has 0 nitrogen and oxygen atoms in total. The van der Waals surface area contributed by atoms with Gasteiger partial charge < -0.3 is 0 Å². The fourth-order valence-corrected chi connectivity index (χ4v) is 22.2. The lowest BCUT2D eigenvalue weighted by Gasteiger charge is -2.57. The first kappa shape index (κ1) is 53.6. The van der Waals surface area contributed by atoms with Crippen LogP contribution in [0.5, 0.6) is 0 Å². The molecule has 0 amide bonds. The fourth-order valence-electron chi connectivity index (χ4n) is 13.8. The second-order valence-corrected chi connectivity index (χ2v) is 28.9. The molecule has 0 bridgehead atoms. The number of benzene rings is 4. The molecule has 4 aliphatic rings. The van der Waals surface area contributed by atoms with Crippen molar-refractivity contribution in [3.8, 4) is 0 Å². The number of hydrogen-bond acceptors (Lipinski definition) is 7. The molecule has 8 rings (SSSR count). The minimum absolute atomic E-state index is 0.226. The second-order valence-electron chi connectivity index (χ2n) is 20.9. The van der Waals surface area contributed by atoms with Gasteiger partial charge in [0.05, 0.1) is 0 Å². The van der Waals surface area contributed by atoms with Crippen molar-refractivity contribution in [1.82, 2.24) is 0 Å². The Balaban J connectivity index is 1.52. The molecule has 370 valence electrons. The van der Waals surface area contributed by atoms with Gasteiger partial charge in [-0.3, -0.25) is 0 Å². The average molecular weight is 1040 g/mol. The molecule has 5 atom stereocenters. The van der Waals surface area contributed by atoms with E-state index in [1.54, 1.807) is 44.5 Å². The van der Waals surface area contributed by atoms with Gasteiger partial charge in [-0.15, -0.1) is 82.3 Å². The van der Waals surface area contributed by atoms with Crippen molar-refractivity contribution in [2.75, 3.05) is 40.3 Å². The van der Waals surface area contributed by atoms with Crippen LogP contribution in [0, 0.1) is 5.41 Å². The molecule has 1 spiro atoms. The molecule has 0 radical (unpaired) electrons. The molecule has 0 saturated heterocycles. The van der Waals surface area contributed by atoms with Crippen LogP contribution in [-0.4, -0.2) is 40.3 Å². The van der Waals surface area contributed by atoms with Crippen molar-refractivity contribution in [1.29, 1.82) is 0 Å². The van der Waals surface area contributed by atoms with Crippen molar-refractivity contribution in [3.05, 3.63) is 99.1 Å². The minimum Gasteiger partial charge on any atom is -0.126 e. The van der Waals surface area contributed by atoms with E-state index >= 15 is 0 Å². The van der Waals surface area contributed by atoms with Gasteiger partial charge in [0, 0.05) is 61.3 Å². The van der Waals surface area contributed by atoms with Gasteiger partial charge in [-0.2, -0.15) is 0 Å². The van der Waals surface area contributed by atoms with Gasteiger partial charge in [-0.25, -0.2) is 0 Å². The summed E-state index contributed by atoms with van der Waals surface area (Å²) in [5.41, 5.74) is 11.7. The Labute approximate surface area is 445 Å². The molecule has 0 aliphatic heterocycles. The highest BCUT2D eigenvalue weighted by molar-refractivity contribution is 8.03. The molecule has 68 heavy (non-hydrogen) atoms. The summed E-state index contributed by atoms with van der Waals surface area (Å²) in [4.78, 5) is 10.6. The highest BCUT2D eigenvalue weighted by Crippen LogP contribution is 2.90. The third-order valence-corrected chi connectivity index (χ3v) is 25.2. The SMILES string of the molecule is CCCCSc1ccc2c(c1)[C@@]1(C)c3cc(SCCCC)c(SCCCC)cc3[C@]3(C)c4cc(SCCCC)c(SCCCC)cc4[C@@]4(C)c5cc(SCCCC)c(SCCCC)cc5C2(C)C314. The highest BCUT2D eigenvalue weighted by atomic mass is 32.2. The summed E-state index contributed by atoms with van der Waals surface area (Å²) in [7, 11) is 0. The quantitative estimate of drug-likeness (QED) is 0.0405. The molecule has 0 saturated carbocycles. The van der Waals surface area contributed by atoms with Crippen molar-refractivity contribution in [3.63, 3.8) is 0 Å². The Bertz CT molecular complexity index is 2340. The smallest absolute Gasteiger partial charge is 0.0273 e. The topological polar surface area (TPSA) is 0 Å². The normalized spacial score (nSPS) is 24.6. The van der Waals surface area contributed by atoms with Gasteiger partial charge in [-0.05, 0) is 178 Å². The summed E-state index contributed by atoms with van der Waals surface area (Å²) in [5, 5.41) is 0. The van der Waals surface area contributed by atoms with Crippen molar-refractivity contribution in [2.24, 2.45) is 5.41 Å². The predicted octanol–water partition coefficient (Wildman–Crippen LogP) is 20.5. The molecular weight excluding hydrogens is 957 g/mol. The number of fused-ring (bicyclic) bond motifs is 12. The number of unbranched alkanes of at least 4 members (excludes halogenated alkanes) is 7. The van der Waals surface area contributed by atoms with Crippen LogP contribution in [0.25, 0.3) is 0 Å².